The van der Waals surface area contributed by atoms with Crippen LogP contribution in [0.2, 0.25) is 0 Å². The van der Waals surface area contributed by atoms with Gasteiger partial charge in [-0.1, -0.05) is 30.4 Å². The monoisotopic (exact) mass is 398 g/mol. The molecule has 2 aliphatic rings. The molecule has 3 nitrogen and oxygen atoms in total. The number of esters is 1. The first-order chi connectivity index (χ1) is 14.0. The number of ketones is 1. The van der Waals surface area contributed by atoms with Gasteiger partial charge in [-0.15, -0.1) is 0 Å². The standard InChI is InChI=1S/C25H31FO3/c1-3-29-25(28)23(16-21-13-14-22(26)15-17(21)2)24(27)20-11-9-19(10-12-20)18-7-5-4-6-8-18/h4-7,13-15,18-20,23H,3,8-12,16H2,1-2H3/t18?,19-,20-,23?. The third kappa shape index (κ3) is 5.43. The summed E-state index contributed by atoms with van der Waals surface area (Å²) in [4.78, 5) is 25.9. The van der Waals surface area contributed by atoms with Crippen molar-refractivity contribution in [3.05, 3.63) is 59.4 Å². The van der Waals surface area contributed by atoms with Gasteiger partial charge in [-0.3, -0.25) is 9.59 Å². The highest BCUT2D eigenvalue weighted by atomic mass is 19.1. The van der Waals surface area contributed by atoms with E-state index in [-0.39, 0.29) is 30.5 Å². The molecule has 0 aromatic heterocycles. The summed E-state index contributed by atoms with van der Waals surface area (Å²) in [7, 11) is 0. The quantitative estimate of drug-likeness (QED) is 0.458. The molecule has 0 radical (unpaired) electrons. The van der Waals surface area contributed by atoms with E-state index in [1.165, 1.54) is 12.1 Å². The topological polar surface area (TPSA) is 43.4 Å². The number of rotatable bonds is 7. The molecule has 1 fully saturated rings. The molecule has 2 unspecified atom stereocenters. The molecular weight excluding hydrogens is 367 g/mol. The number of allylic oxidation sites excluding steroid dienone is 4. The van der Waals surface area contributed by atoms with Crippen molar-refractivity contribution in [1.29, 1.82) is 0 Å². The number of benzene rings is 1. The number of carbonyl (C=O) groups is 2. The van der Waals surface area contributed by atoms with Crippen molar-refractivity contribution in [2.75, 3.05) is 6.61 Å². The predicted octanol–water partition coefficient (Wildman–Crippen LogP) is 5.36. The Balaban J connectivity index is 1.67. The fourth-order valence-corrected chi connectivity index (χ4v) is 4.72. The van der Waals surface area contributed by atoms with Crippen molar-refractivity contribution >= 4 is 11.8 Å². The SMILES string of the molecule is CCOC(=O)C(Cc1ccc(F)cc1C)C(=O)[C@H]1CC[C@H](C2C=CC=CC2)CC1. The molecule has 29 heavy (non-hydrogen) atoms. The van der Waals surface area contributed by atoms with E-state index in [2.05, 4.69) is 24.3 Å². The van der Waals surface area contributed by atoms with Gasteiger partial charge in [-0.05, 0) is 87.5 Å². The van der Waals surface area contributed by atoms with Crippen LogP contribution >= 0.6 is 0 Å². The number of aryl methyl sites for hydroxylation is 1. The van der Waals surface area contributed by atoms with Gasteiger partial charge in [0.1, 0.15) is 11.7 Å². The zero-order chi connectivity index (χ0) is 20.8. The van der Waals surface area contributed by atoms with Gasteiger partial charge in [-0.25, -0.2) is 4.39 Å². The molecule has 0 bridgehead atoms. The molecule has 1 aromatic carbocycles. The first-order valence-corrected chi connectivity index (χ1v) is 10.8. The van der Waals surface area contributed by atoms with Crippen LogP contribution in [0.5, 0.6) is 0 Å². The molecule has 0 amide bonds. The highest BCUT2D eigenvalue weighted by Gasteiger charge is 2.37. The number of carbonyl (C=O) groups excluding carboxylic acids is 2. The minimum Gasteiger partial charge on any atom is -0.465 e. The van der Waals surface area contributed by atoms with Crippen molar-refractivity contribution in [3.8, 4) is 0 Å². The van der Waals surface area contributed by atoms with E-state index in [0.29, 0.717) is 11.8 Å². The highest BCUT2D eigenvalue weighted by molar-refractivity contribution is 6.00. The van der Waals surface area contributed by atoms with E-state index in [0.717, 1.165) is 43.2 Å². The second-order valence-corrected chi connectivity index (χ2v) is 8.31. The lowest BCUT2D eigenvalue weighted by atomic mass is 9.71. The number of hydrogen-bond donors (Lipinski definition) is 0. The molecule has 1 saturated carbocycles. The Bertz CT molecular complexity index is 787. The van der Waals surface area contributed by atoms with Crippen LogP contribution in [0.1, 0.15) is 50.2 Å². The highest BCUT2D eigenvalue weighted by Crippen LogP contribution is 2.38. The summed E-state index contributed by atoms with van der Waals surface area (Å²) >= 11 is 0. The van der Waals surface area contributed by atoms with Crippen LogP contribution in [0, 0.1) is 36.4 Å². The van der Waals surface area contributed by atoms with Crippen LogP contribution in [0.25, 0.3) is 0 Å². The lowest BCUT2D eigenvalue weighted by molar-refractivity contribution is -0.153. The Hall–Kier alpha value is -2.23. The summed E-state index contributed by atoms with van der Waals surface area (Å²) in [5.41, 5.74) is 1.58. The van der Waals surface area contributed by atoms with Crippen LogP contribution in [0.15, 0.2) is 42.5 Å². The second-order valence-electron chi connectivity index (χ2n) is 8.31. The maximum Gasteiger partial charge on any atom is 0.316 e. The molecule has 0 heterocycles. The Morgan fingerprint density at radius 3 is 2.55 bits per heavy atom. The summed E-state index contributed by atoms with van der Waals surface area (Å²) in [6.45, 7) is 3.81. The van der Waals surface area contributed by atoms with Gasteiger partial charge in [0.25, 0.3) is 0 Å². The van der Waals surface area contributed by atoms with Gasteiger partial charge in [0.2, 0.25) is 0 Å². The van der Waals surface area contributed by atoms with Gasteiger partial charge in [0, 0.05) is 5.92 Å². The summed E-state index contributed by atoms with van der Waals surface area (Å²) in [6, 6.07) is 4.50. The molecular formula is C25H31FO3. The van der Waals surface area contributed by atoms with Crippen molar-refractivity contribution in [3.63, 3.8) is 0 Å². The first-order valence-electron chi connectivity index (χ1n) is 10.8. The summed E-state index contributed by atoms with van der Waals surface area (Å²) < 4.78 is 18.7. The van der Waals surface area contributed by atoms with Gasteiger partial charge < -0.3 is 4.74 Å². The van der Waals surface area contributed by atoms with E-state index in [1.54, 1.807) is 13.0 Å². The van der Waals surface area contributed by atoms with Crippen molar-refractivity contribution in [1.82, 2.24) is 0 Å². The summed E-state index contributed by atoms with van der Waals surface area (Å²) in [6.07, 6.45) is 13.8. The molecule has 2 atom stereocenters. The van der Waals surface area contributed by atoms with Gasteiger partial charge in [0.15, 0.2) is 5.78 Å². The minimum atomic E-state index is -0.807. The molecule has 2 aliphatic carbocycles. The zero-order valence-corrected chi connectivity index (χ0v) is 17.4. The van der Waals surface area contributed by atoms with Gasteiger partial charge in [0.05, 0.1) is 6.61 Å². The van der Waals surface area contributed by atoms with Crippen LogP contribution in [0.3, 0.4) is 0 Å². The molecule has 156 valence electrons. The van der Waals surface area contributed by atoms with Crippen LogP contribution in [0.4, 0.5) is 4.39 Å². The Labute approximate surface area is 173 Å². The largest absolute Gasteiger partial charge is 0.465 e. The number of hydrogen-bond acceptors (Lipinski definition) is 3. The van der Waals surface area contributed by atoms with Crippen LogP contribution < -0.4 is 0 Å². The van der Waals surface area contributed by atoms with Crippen molar-refractivity contribution in [2.24, 2.45) is 23.7 Å². The Kier molecular flexibility index (Phi) is 7.40. The third-order valence-corrected chi connectivity index (χ3v) is 6.44. The van der Waals surface area contributed by atoms with E-state index in [9.17, 15) is 14.0 Å². The van der Waals surface area contributed by atoms with Crippen LogP contribution in [-0.2, 0) is 20.7 Å². The number of Topliss-reactive ketones (excluding diaryl/α,β-unsaturated/α-hetero) is 1. The molecule has 0 aliphatic heterocycles. The Morgan fingerprint density at radius 1 is 1.17 bits per heavy atom. The normalized spacial score (nSPS) is 24.9. The first kappa shape index (κ1) is 21.5. The average molecular weight is 399 g/mol. The number of ether oxygens (including phenoxy) is 1. The smallest absolute Gasteiger partial charge is 0.316 e. The third-order valence-electron chi connectivity index (χ3n) is 6.44. The van der Waals surface area contributed by atoms with E-state index in [1.807, 2.05) is 6.92 Å². The number of halogens is 1. The molecule has 0 N–H and O–H groups in total. The fraction of sp³-hybridized carbons (Fsp3) is 0.520. The second kappa shape index (κ2) is 10.00. The Morgan fingerprint density at radius 2 is 1.93 bits per heavy atom. The predicted molar refractivity (Wildman–Crippen MR) is 112 cm³/mol. The maximum absolute atomic E-state index is 13.4. The minimum absolute atomic E-state index is 0.00953. The molecule has 0 spiro atoms. The molecule has 4 heteroatoms. The van der Waals surface area contributed by atoms with Gasteiger partial charge >= 0.3 is 5.97 Å². The fourth-order valence-electron chi connectivity index (χ4n) is 4.72. The lowest BCUT2D eigenvalue weighted by Gasteiger charge is -2.33. The molecule has 0 saturated heterocycles. The molecule has 1 aromatic rings. The average Bonchev–Trinajstić information content (AvgIpc) is 2.73. The molecule has 3 rings (SSSR count). The van der Waals surface area contributed by atoms with E-state index >= 15 is 0 Å². The zero-order valence-electron chi connectivity index (χ0n) is 17.4. The summed E-state index contributed by atoms with van der Waals surface area (Å²) in [5.74, 6) is -0.495. The van der Waals surface area contributed by atoms with Gasteiger partial charge in [-0.2, -0.15) is 0 Å². The van der Waals surface area contributed by atoms with E-state index in [4.69, 9.17) is 4.74 Å². The van der Waals surface area contributed by atoms with Crippen LogP contribution in [-0.4, -0.2) is 18.4 Å². The van der Waals surface area contributed by atoms with Crippen molar-refractivity contribution < 1.29 is 18.7 Å². The summed E-state index contributed by atoms with van der Waals surface area (Å²) in [5, 5.41) is 0. The maximum atomic E-state index is 13.4. The van der Waals surface area contributed by atoms with Crippen molar-refractivity contribution in [2.45, 2.75) is 52.4 Å². The lowest BCUT2D eigenvalue weighted by Crippen LogP contribution is -2.35. The van der Waals surface area contributed by atoms with E-state index < -0.39 is 11.9 Å².